The van der Waals surface area contributed by atoms with Crippen LogP contribution in [0.25, 0.3) is 0 Å². The SMILES string of the molecule is Cc1cc(OC(F)F)c([N+](=O)[O-])cc1C#N. The number of benzene rings is 1. The first-order valence-electron chi connectivity index (χ1n) is 4.09. The van der Waals surface area contributed by atoms with Gasteiger partial charge in [0.15, 0.2) is 0 Å². The Kier molecular flexibility index (Phi) is 3.35. The van der Waals surface area contributed by atoms with Gasteiger partial charge in [-0.2, -0.15) is 14.0 Å². The average molecular weight is 228 g/mol. The summed E-state index contributed by atoms with van der Waals surface area (Å²) in [7, 11) is 0. The molecule has 84 valence electrons. The zero-order chi connectivity index (χ0) is 12.3. The number of hydrogen-bond acceptors (Lipinski definition) is 4. The van der Waals surface area contributed by atoms with Gasteiger partial charge >= 0.3 is 12.3 Å². The lowest BCUT2D eigenvalue weighted by atomic mass is 10.1. The summed E-state index contributed by atoms with van der Waals surface area (Å²) < 4.78 is 27.9. The van der Waals surface area contributed by atoms with E-state index in [9.17, 15) is 18.9 Å². The molecule has 0 spiro atoms. The number of aryl methyl sites for hydroxylation is 1. The molecule has 7 heteroatoms. The molecule has 0 aliphatic rings. The van der Waals surface area contributed by atoms with Gasteiger partial charge in [-0.3, -0.25) is 10.1 Å². The number of nitriles is 1. The molecular formula is C9H6F2N2O3. The molecule has 0 radical (unpaired) electrons. The van der Waals surface area contributed by atoms with Crippen LogP contribution in [0.1, 0.15) is 11.1 Å². The van der Waals surface area contributed by atoms with E-state index in [1.165, 1.54) is 6.92 Å². The number of alkyl halides is 2. The van der Waals surface area contributed by atoms with Crippen LogP contribution in [0.2, 0.25) is 0 Å². The molecule has 0 fully saturated rings. The number of nitro benzene ring substituents is 1. The summed E-state index contributed by atoms with van der Waals surface area (Å²) in [5.74, 6) is -0.545. The molecule has 0 bridgehead atoms. The number of nitro groups is 1. The van der Waals surface area contributed by atoms with Crippen LogP contribution in [0.5, 0.6) is 5.75 Å². The summed E-state index contributed by atoms with van der Waals surface area (Å²) >= 11 is 0. The number of hydrogen-bond donors (Lipinski definition) is 0. The molecule has 16 heavy (non-hydrogen) atoms. The maximum absolute atomic E-state index is 12.0. The van der Waals surface area contributed by atoms with Crippen molar-refractivity contribution in [3.8, 4) is 11.8 Å². The molecule has 5 nitrogen and oxygen atoms in total. The predicted octanol–water partition coefficient (Wildman–Crippen LogP) is 2.38. The van der Waals surface area contributed by atoms with E-state index in [-0.39, 0.29) is 5.56 Å². The highest BCUT2D eigenvalue weighted by Crippen LogP contribution is 2.31. The fourth-order valence-corrected chi connectivity index (χ4v) is 1.12. The Morgan fingerprint density at radius 3 is 2.62 bits per heavy atom. The highest BCUT2D eigenvalue weighted by atomic mass is 19.3. The van der Waals surface area contributed by atoms with Crippen LogP contribution in [-0.4, -0.2) is 11.5 Å². The van der Waals surface area contributed by atoms with Crippen molar-refractivity contribution in [1.29, 1.82) is 5.26 Å². The van der Waals surface area contributed by atoms with Crippen molar-refractivity contribution >= 4 is 5.69 Å². The van der Waals surface area contributed by atoms with Crippen LogP contribution in [0.3, 0.4) is 0 Å². The molecule has 1 aromatic carbocycles. The van der Waals surface area contributed by atoms with E-state index in [2.05, 4.69) is 4.74 Å². The Morgan fingerprint density at radius 1 is 1.56 bits per heavy atom. The molecule has 1 rings (SSSR count). The molecule has 0 aliphatic heterocycles. The van der Waals surface area contributed by atoms with Gasteiger partial charge in [-0.05, 0) is 18.6 Å². The Morgan fingerprint density at radius 2 is 2.19 bits per heavy atom. The first-order valence-corrected chi connectivity index (χ1v) is 4.09. The van der Waals surface area contributed by atoms with Gasteiger partial charge in [-0.1, -0.05) is 0 Å². The van der Waals surface area contributed by atoms with E-state index in [1.54, 1.807) is 6.07 Å². The van der Waals surface area contributed by atoms with Crippen LogP contribution in [0, 0.1) is 28.4 Å². The summed E-state index contributed by atoms with van der Waals surface area (Å²) in [5.41, 5.74) is -0.264. The largest absolute Gasteiger partial charge is 0.427 e. The highest BCUT2D eigenvalue weighted by Gasteiger charge is 2.20. The smallest absolute Gasteiger partial charge is 0.387 e. The number of ether oxygens (including phenoxy) is 1. The second-order valence-corrected chi connectivity index (χ2v) is 2.88. The van der Waals surface area contributed by atoms with Gasteiger partial charge in [0.25, 0.3) is 0 Å². The average Bonchev–Trinajstić information content (AvgIpc) is 2.16. The van der Waals surface area contributed by atoms with E-state index in [4.69, 9.17) is 5.26 Å². The maximum atomic E-state index is 12.0. The second kappa shape index (κ2) is 4.53. The topological polar surface area (TPSA) is 76.2 Å². The lowest BCUT2D eigenvalue weighted by Crippen LogP contribution is -2.05. The van der Waals surface area contributed by atoms with Gasteiger partial charge in [0.2, 0.25) is 5.75 Å². The molecule has 0 aliphatic carbocycles. The van der Waals surface area contributed by atoms with E-state index in [0.717, 1.165) is 12.1 Å². The van der Waals surface area contributed by atoms with Gasteiger partial charge in [0, 0.05) is 6.07 Å². The minimum absolute atomic E-state index is 0.0494. The van der Waals surface area contributed by atoms with Crippen molar-refractivity contribution in [3.63, 3.8) is 0 Å². The van der Waals surface area contributed by atoms with Crippen LogP contribution in [0.15, 0.2) is 12.1 Å². The van der Waals surface area contributed by atoms with Gasteiger partial charge in [0.05, 0.1) is 16.6 Å². The van der Waals surface area contributed by atoms with E-state index in [0.29, 0.717) is 5.56 Å². The monoisotopic (exact) mass is 228 g/mol. The van der Waals surface area contributed by atoms with Crippen molar-refractivity contribution in [3.05, 3.63) is 33.4 Å². The first kappa shape index (κ1) is 11.8. The normalized spacial score (nSPS) is 9.94. The number of rotatable bonds is 3. The molecule has 1 aromatic rings. The molecule has 0 saturated heterocycles. The third kappa shape index (κ3) is 2.42. The molecule has 0 atom stereocenters. The second-order valence-electron chi connectivity index (χ2n) is 2.88. The molecular weight excluding hydrogens is 222 g/mol. The predicted molar refractivity (Wildman–Crippen MR) is 49.2 cm³/mol. The summed E-state index contributed by atoms with van der Waals surface area (Å²) in [6.45, 7) is -1.67. The van der Waals surface area contributed by atoms with Crippen molar-refractivity contribution in [2.75, 3.05) is 0 Å². The number of halogens is 2. The Labute approximate surface area is 89.0 Å². The molecule has 0 N–H and O–H groups in total. The number of nitrogens with zero attached hydrogens (tertiary/aromatic N) is 2. The molecule has 0 aromatic heterocycles. The van der Waals surface area contributed by atoms with Crippen LogP contribution in [0.4, 0.5) is 14.5 Å². The molecule has 0 saturated carbocycles. The summed E-state index contributed by atoms with van der Waals surface area (Å²) in [6.07, 6.45) is 0. The minimum atomic E-state index is -3.15. The fourth-order valence-electron chi connectivity index (χ4n) is 1.12. The zero-order valence-electron chi connectivity index (χ0n) is 8.11. The van der Waals surface area contributed by atoms with Crippen LogP contribution >= 0.6 is 0 Å². The van der Waals surface area contributed by atoms with E-state index in [1.807, 2.05) is 0 Å². The lowest BCUT2D eigenvalue weighted by molar-refractivity contribution is -0.386. The third-order valence-corrected chi connectivity index (χ3v) is 1.84. The van der Waals surface area contributed by atoms with Crippen LogP contribution < -0.4 is 4.74 Å². The van der Waals surface area contributed by atoms with Gasteiger partial charge in [-0.25, -0.2) is 0 Å². The Hall–Kier alpha value is -2.23. The zero-order valence-corrected chi connectivity index (χ0v) is 8.11. The maximum Gasteiger partial charge on any atom is 0.387 e. The molecule has 0 heterocycles. The summed E-state index contributed by atoms with van der Waals surface area (Å²) in [5, 5.41) is 19.2. The molecule has 0 amide bonds. The van der Waals surface area contributed by atoms with Crippen LogP contribution in [-0.2, 0) is 0 Å². The first-order chi connectivity index (χ1) is 7.45. The minimum Gasteiger partial charge on any atom is -0.427 e. The van der Waals surface area contributed by atoms with Crippen molar-refractivity contribution in [2.24, 2.45) is 0 Å². The van der Waals surface area contributed by atoms with Crippen molar-refractivity contribution in [2.45, 2.75) is 13.5 Å². The Balaban J connectivity index is 3.31. The van der Waals surface area contributed by atoms with Gasteiger partial charge in [0.1, 0.15) is 0 Å². The fraction of sp³-hybridized carbons (Fsp3) is 0.222. The van der Waals surface area contributed by atoms with Gasteiger partial charge in [-0.15, -0.1) is 0 Å². The van der Waals surface area contributed by atoms with Crippen molar-refractivity contribution < 1.29 is 18.4 Å². The Bertz CT molecular complexity index is 469. The third-order valence-electron chi connectivity index (χ3n) is 1.84. The summed E-state index contributed by atoms with van der Waals surface area (Å²) in [4.78, 5) is 9.68. The highest BCUT2D eigenvalue weighted by molar-refractivity contribution is 5.55. The van der Waals surface area contributed by atoms with Crippen molar-refractivity contribution in [1.82, 2.24) is 0 Å². The lowest BCUT2D eigenvalue weighted by Gasteiger charge is -2.06. The van der Waals surface area contributed by atoms with Gasteiger partial charge < -0.3 is 4.74 Å². The quantitative estimate of drug-likeness (QED) is 0.587. The summed E-state index contributed by atoms with van der Waals surface area (Å²) in [6, 6.07) is 3.68. The molecule has 0 unspecified atom stereocenters. The standard InChI is InChI=1S/C9H6F2N2O3/c1-5-2-8(16-9(10)11)7(13(14)15)3-6(5)4-12/h2-3,9H,1H3. The van der Waals surface area contributed by atoms with E-state index >= 15 is 0 Å². The van der Waals surface area contributed by atoms with E-state index < -0.39 is 23.0 Å².